The van der Waals surface area contributed by atoms with Crippen LogP contribution in [0.1, 0.15) is 58.4 Å². The summed E-state index contributed by atoms with van der Waals surface area (Å²) in [5.74, 6) is 2.38. The number of amides is 1. The van der Waals surface area contributed by atoms with Gasteiger partial charge in [-0.05, 0) is 64.2 Å². The van der Waals surface area contributed by atoms with Crippen molar-refractivity contribution >= 4 is 35.8 Å². The van der Waals surface area contributed by atoms with Crippen LogP contribution in [0, 0.1) is 5.92 Å². The van der Waals surface area contributed by atoms with Crippen LogP contribution in [0.2, 0.25) is 0 Å². The Bertz CT molecular complexity index is 702. The van der Waals surface area contributed by atoms with Gasteiger partial charge in [0.2, 0.25) is 5.91 Å². The van der Waals surface area contributed by atoms with Crippen molar-refractivity contribution in [3.05, 3.63) is 29.8 Å². The molecule has 7 heteroatoms. The molecule has 1 aliphatic heterocycles. The molecule has 2 aliphatic rings. The van der Waals surface area contributed by atoms with Gasteiger partial charge in [-0.15, -0.1) is 24.0 Å². The second kappa shape index (κ2) is 13.1. The van der Waals surface area contributed by atoms with E-state index in [1.807, 2.05) is 26.0 Å². The van der Waals surface area contributed by atoms with Crippen LogP contribution in [0.25, 0.3) is 0 Å². The van der Waals surface area contributed by atoms with E-state index in [-0.39, 0.29) is 42.0 Å². The first-order valence-electron chi connectivity index (χ1n) is 11.6. The van der Waals surface area contributed by atoms with E-state index in [2.05, 4.69) is 34.6 Å². The van der Waals surface area contributed by atoms with Gasteiger partial charge in [0.25, 0.3) is 0 Å². The van der Waals surface area contributed by atoms with Crippen LogP contribution in [0.3, 0.4) is 0 Å². The molecule has 1 unspecified atom stereocenters. The van der Waals surface area contributed by atoms with Gasteiger partial charge in [0.15, 0.2) is 5.96 Å². The zero-order valence-electron chi connectivity index (χ0n) is 19.2. The fourth-order valence-corrected chi connectivity index (χ4v) is 4.33. The molecule has 6 nitrogen and oxygen atoms in total. The fourth-order valence-electron chi connectivity index (χ4n) is 4.33. The fraction of sp³-hybridized carbons (Fsp3) is 0.667. The molecule has 1 atom stereocenters. The van der Waals surface area contributed by atoms with Crippen molar-refractivity contribution < 1.29 is 9.53 Å². The SMILES string of the molecule is CCNC(=NCCc1ccc(OC(C)C)cc1)NC1CCN(C(=O)C2CCCC2)C1.I. The van der Waals surface area contributed by atoms with E-state index in [9.17, 15) is 4.79 Å². The van der Waals surface area contributed by atoms with Gasteiger partial charge in [0.1, 0.15) is 5.75 Å². The highest BCUT2D eigenvalue weighted by Gasteiger charge is 2.32. The molecule has 0 radical (unpaired) electrons. The van der Waals surface area contributed by atoms with Gasteiger partial charge >= 0.3 is 0 Å². The molecule has 1 aliphatic carbocycles. The Labute approximate surface area is 204 Å². The summed E-state index contributed by atoms with van der Waals surface area (Å²) in [6.07, 6.45) is 6.61. The maximum Gasteiger partial charge on any atom is 0.225 e. The van der Waals surface area contributed by atoms with E-state index in [0.29, 0.717) is 5.91 Å². The lowest BCUT2D eigenvalue weighted by Crippen LogP contribution is -2.45. The topological polar surface area (TPSA) is 66.0 Å². The molecule has 1 aromatic carbocycles. The Balaban J connectivity index is 0.00000341. The number of hydrogen-bond acceptors (Lipinski definition) is 3. The van der Waals surface area contributed by atoms with Crippen LogP contribution in [0.4, 0.5) is 0 Å². The van der Waals surface area contributed by atoms with Gasteiger partial charge in [0, 0.05) is 38.1 Å². The van der Waals surface area contributed by atoms with Gasteiger partial charge in [0.05, 0.1) is 6.10 Å². The molecule has 1 aromatic rings. The first kappa shape index (κ1) is 25.7. The predicted octanol–water partition coefficient (Wildman–Crippen LogP) is 3.98. The number of rotatable bonds is 8. The molecular weight excluding hydrogens is 503 g/mol. The number of benzene rings is 1. The molecule has 1 heterocycles. The van der Waals surface area contributed by atoms with Crippen molar-refractivity contribution in [2.24, 2.45) is 10.9 Å². The lowest BCUT2D eigenvalue weighted by molar-refractivity contribution is -0.134. The van der Waals surface area contributed by atoms with Crippen LogP contribution >= 0.6 is 24.0 Å². The summed E-state index contributed by atoms with van der Waals surface area (Å²) < 4.78 is 5.70. The van der Waals surface area contributed by atoms with Crippen molar-refractivity contribution in [1.29, 1.82) is 0 Å². The second-order valence-corrected chi connectivity index (χ2v) is 8.72. The minimum absolute atomic E-state index is 0. The third-order valence-electron chi connectivity index (χ3n) is 5.85. The Morgan fingerprint density at radius 1 is 1.19 bits per heavy atom. The number of hydrogen-bond donors (Lipinski definition) is 2. The Hall–Kier alpha value is -1.51. The van der Waals surface area contributed by atoms with Crippen molar-refractivity contribution in [1.82, 2.24) is 15.5 Å². The van der Waals surface area contributed by atoms with E-state index in [4.69, 9.17) is 9.73 Å². The number of likely N-dealkylation sites (tertiary alicyclic amines) is 1. The quantitative estimate of drug-likeness (QED) is 0.297. The average Bonchev–Trinajstić information content (AvgIpc) is 3.41. The maximum atomic E-state index is 12.7. The van der Waals surface area contributed by atoms with Crippen LogP contribution in [-0.4, -0.2) is 55.1 Å². The monoisotopic (exact) mass is 542 g/mol. The maximum absolute atomic E-state index is 12.7. The summed E-state index contributed by atoms with van der Waals surface area (Å²) >= 11 is 0. The van der Waals surface area contributed by atoms with Crippen LogP contribution in [0.5, 0.6) is 5.75 Å². The van der Waals surface area contributed by atoms with Crippen LogP contribution in [0.15, 0.2) is 29.3 Å². The molecule has 174 valence electrons. The van der Waals surface area contributed by atoms with Gasteiger partial charge in [-0.1, -0.05) is 25.0 Å². The third-order valence-corrected chi connectivity index (χ3v) is 5.85. The number of carbonyl (C=O) groups excluding carboxylic acids is 1. The minimum atomic E-state index is 0. The van der Waals surface area contributed by atoms with E-state index < -0.39 is 0 Å². The van der Waals surface area contributed by atoms with E-state index in [1.54, 1.807) is 0 Å². The number of nitrogens with zero attached hydrogens (tertiary/aromatic N) is 2. The van der Waals surface area contributed by atoms with E-state index in [0.717, 1.165) is 63.6 Å². The van der Waals surface area contributed by atoms with Crippen LogP contribution in [-0.2, 0) is 11.2 Å². The zero-order valence-corrected chi connectivity index (χ0v) is 21.6. The number of carbonyl (C=O) groups is 1. The van der Waals surface area contributed by atoms with Crippen molar-refractivity contribution in [3.63, 3.8) is 0 Å². The molecule has 31 heavy (non-hydrogen) atoms. The molecule has 3 rings (SSSR count). The van der Waals surface area contributed by atoms with Gasteiger partial charge in [-0.25, -0.2) is 0 Å². The lowest BCUT2D eigenvalue weighted by Gasteiger charge is -2.21. The Morgan fingerprint density at radius 2 is 1.90 bits per heavy atom. The average molecular weight is 543 g/mol. The summed E-state index contributed by atoms with van der Waals surface area (Å²) in [4.78, 5) is 19.5. The lowest BCUT2D eigenvalue weighted by atomic mass is 10.1. The van der Waals surface area contributed by atoms with Gasteiger partial charge in [-0.2, -0.15) is 0 Å². The molecule has 0 aromatic heterocycles. The molecule has 1 saturated heterocycles. The highest BCUT2D eigenvalue weighted by Crippen LogP contribution is 2.27. The summed E-state index contributed by atoms with van der Waals surface area (Å²) in [7, 11) is 0. The Morgan fingerprint density at radius 3 is 2.55 bits per heavy atom. The standard InChI is InChI=1S/C24H38N4O2.HI/c1-4-25-24(26-15-13-19-9-11-22(12-10-19)30-18(2)3)27-21-14-16-28(17-21)23(29)20-7-5-6-8-20;/h9-12,18,20-21H,4-8,13-17H2,1-3H3,(H2,25,26,27);1H. The smallest absolute Gasteiger partial charge is 0.225 e. The van der Waals surface area contributed by atoms with Crippen molar-refractivity contribution in [2.45, 2.75) is 71.4 Å². The molecule has 1 amide bonds. The Kier molecular flexibility index (Phi) is 10.9. The third kappa shape index (κ3) is 8.16. The van der Waals surface area contributed by atoms with Crippen molar-refractivity contribution in [3.8, 4) is 5.75 Å². The number of halogens is 1. The number of nitrogens with one attached hydrogen (secondary N) is 2. The van der Waals surface area contributed by atoms with E-state index in [1.165, 1.54) is 18.4 Å². The van der Waals surface area contributed by atoms with Crippen LogP contribution < -0.4 is 15.4 Å². The molecule has 0 bridgehead atoms. The number of ether oxygens (including phenoxy) is 1. The summed E-state index contributed by atoms with van der Waals surface area (Å²) in [5.41, 5.74) is 1.25. The molecule has 2 N–H and O–H groups in total. The van der Waals surface area contributed by atoms with E-state index >= 15 is 0 Å². The molecule has 2 fully saturated rings. The largest absolute Gasteiger partial charge is 0.491 e. The first-order valence-corrected chi connectivity index (χ1v) is 11.6. The molecular formula is C24H39IN4O2. The first-order chi connectivity index (χ1) is 14.5. The predicted molar refractivity (Wildman–Crippen MR) is 137 cm³/mol. The number of aliphatic imine (C=N–C) groups is 1. The van der Waals surface area contributed by atoms with Crippen molar-refractivity contribution in [2.75, 3.05) is 26.2 Å². The number of guanidine groups is 1. The molecule has 1 saturated carbocycles. The zero-order chi connectivity index (χ0) is 21.3. The molecule has 0 spiro atoms. The summed E-state index contributed by atoms with van der Waals surface area (Å²) in [5, 5.41) is 6.88. The highest BCUT2D eigenvalue weighted by molar-refractivity contribution is 14.0. The highest BCUT2D eigenvalue weighted by atomic mass is 127. The minimum Gasteiger partial charge on any atom is -0.491 e. The summed E-state index contributed by atoms with van der Waals surface area (Å²) in [6, 6.07) is 8.54. The second-order valence-electron chi connectivity index (χ2n) is 8.72. The normalized spacial score (nSPS) is 19.4. The summed E-state index contributed by atoms with van der Waals surface area (Å²) in [6.45, 7) is 9.34. The van der Waals surface area contributed by atoms with Gasteiger partial charge < -0.3 is 20.3 Å². The van der Waals surface area contributed by atoms with Gasteiger partial charge in [-0.3, -0.25) is 9.79 Å².